The van der Waals surface area contributed by atoms with Crippen LogP contribution >= 0.6 is 0 Å². The van der Waals surface area contributed by atoms with E-state index in [1.165, 1.54) is 0 Å². The van der Waals surface area contributed by atoms with E-state index in [1.807, 2.05) is 73.6 Å². The van der Waals surface area contributed by atoms with Crippen LogP contribution in [0, 0.1) is 0 Å². The number of carbonyl (C=O) groups is 1. The van der Waals surface area contributed by atoms with Gasteiger partial charge in [0.15, 0.2) is 0 Å². The zero-order chi connectivity index (χ0) is 16.7. The summed E-state index contributed by atoms with van der Waals surface area (Å²) in [6.07, 6.45) is 0. The summed E-state index contributed by atoms with van der Waals surface area (Å²) in [5.41, 5.74) is 3.01. The van der Waals surface area contributed by atoms with Crippen molar-refractivity contribution in [1.29, 1.82) is 0 Å². The van der Waals surface area contributed by atoms with Crippen LogP contribution in [0.2, 0.25) is 0 Å². The number of urea groups is 1. The van der Waals surface area contributed by atoms with E-state index in [0.29, 0.717) is 6.54 Å². The molecule has 2 aromatic carbocycles. The van der Waals surface area contributed by atoms with Crippen molar-refractivity contribution in [2.75, 3.05) is 25.6 Å². The number of aliphatic hydroxyl groups is 1. The molecule has 3 N–H and O–H groups in total. The van der Waals surface area contributed by atoms with Crippen LogP contribution in [0.25, 0.3) is 0 Å². The second-order valence-corrected chi connectivity index (χ2v) is 5.53. The maximum atomic E-state index is 12.0. The number of hydrogen-bond acceptors (Lipinski definition) is 3. The van der Waals surface area contributed by atoms with Gasteiger partial charge in [-0.2, -0.15) is 0 Å². The molecule has 5 nitrogen and oxygen atoms in total. The second-order valence-electron chi connectivity index (χ2n) is 5.53. The molecule has 2 amide bonds. The smallest absolute Gasteiger partial charge is 0.315 e. The molecular formula is C18H23N3O2. The van der Waals surface area contributed by atoms with E-state index in [9.17, 15) is 9.90 Å². The van der Waals surface area contributed by atoms with Crippen molar-refractivity contribution in [3.63, 3.8) is 0 Å². The van der Waals surface area contributed by atoms with E-state index in [-0.39, 0.29) is 12.6 Å². The molecule has 0 aliphatic carbocycles. The first-order chi connectivity index (χ1) is 11.1. The van der Waals surface area contributed by atoms with E-state index in [4.69, 9.17) is 0 Å². The molecule has 1 unspecified atom stereocenters. The monoisotopic (exact) mass is 313 g/mol. The first-order valence-electron chi connectivity index (χ1n) is 7.56. The van der Waals surface area contributed by atoms with Crippen molar-refractivity contribution in [3.8, 4) is 0 Å². The summed E-state index contributed by atoms with van der Waals surface area (Å²) in [5, 5.41) is 15.0. The molecule has 0 spiro atoms. The van der Waals surface area contributed by atoms with Crippen LogP contribution in [0.15, 0.2) is 54.6 Å². The zero-order valence-electron chi connectivity index (χ0n) is 13.5. The molecule has 1 atom stereocenters. The highest BCUT2D eigenvalue weighted by atomic mass is 16.3. The molecular weight excluding hydrogens is 290 g/mol. The maximum absolute atomic E-state index is 12.0. The van der Waals surface area contributed by atoms with Crippen LogP contribution in [0.3, 0.4) is 0 Å². The van der Waals surface area contributed by atoms with Crippen molar-refractivity contribution < 1.29 is 9.90 Å². The minimum atomic E-state index is -0.410. The molecule has 0 saturated heterocycles. The Balaban J connectivity index is 1.86. The maximum Gasteiger partial charge on any atom is 0.315 e. The van der Waals surface area contributed by atoms with Gasteiger partial charge in [-0.3, -0.25) is 0 Å². The number of amides is 2. The van der Waals surface area contributed by atoms with Gasteiger partial charge >= 0.3 is 6.03 Å². The van der Waals surface area contributed by atoms with Crippen molar-refractivity contribution in [1.82, 2.24) is 10.6 Å². The Hall–Kier alpha value is -2.53. The second kappa shape index (κ2) is 8.19. The highest BCUT2D eigenvalue weighted by Gasteiger charge is 2.12. The number of carbonyl (C=O) groups excluding carboxylic acids is 1. The number of aliphatic hydroxyl groups excluding tert-OH is 1. The standard InChI is InChI=1S/C18H23N3O2/c1-21(2)16-10-8-14(9-11-16)12-19-18(23)20-17(13-22)15-6-4-3-5-7-15/h3-11,17,22H,12-13H2,1-2H3,(H2,19,20,23). The predicted octanol–water partition coefficient (Wildman–Crippen LogP) is 2.29. The lowest BCUT2D eigenvalue weighted by Crippen LogP contribution is -2.38. The van der Waals surface area contributed by atoms with Crippen LogP contribution in [0.5, 0.6) is 0 Å². The zero-order valence-corrected chi connectivity index (χ0v) is 13.5. The number of anilines is 1. The largest absolute Gasteiger partial charge is 0.394 e. The average molecular weight is 313 g/mol. The van der Waals surface area contributed by atoms with Crippen molar-refractivity contribution >= 4 is 11.7 Å². The molecule has 23 heavy (non-hydrogen) atoms. The highest BCUT2D eigenvalue weighted by Crippen LogP contribution is 2.13. The van der Waals surface area contributed by atoms with Gasteiger partial charge in [0.05, 0.1) is 12.6 Å². The van der Waals surface area contributed by atoms with Crippen LogP contribution in [0.4, 0.5) is 10.5 Å². The fourth-order valence-corrected chi connectivity index (χ4v) is 2.22. The molecule has 0 aromatic heterocycles. The number of nitrogens with zero attached hydrogens (tertiary/aromatic N) is 1. The summed E-state index contributed by atoms with van der Waals surface area (Å²) < 4.78 is 0. The van der Waals surface area contributed by atoms with Crippen molar-refractivity contribution in [2.45, 2.75) is 12.6 Å². The Labute approximate surface area is 136 Å². The minimum absolute atomic E-state index is 0.144. The summed E-state index contributed by atoms with van der Waals surface area (Å²) in [6, 6.07) is 16.7. The molecule has 5 heteroatoms. The summed E-state index contributed by atoms with van der Waals surface area (Å²) in [7, 11) is 3.97. The van der Waals surface area contributed by atoms with Crippen LogP contribution < -0.4 is 15.5 Å². The first-order valence-corrected chi connectivity index (χ1v) is 7.56. The van der Waals surface area contributed by atoms with Gasteiger partial charge in [-0.25, -0.2) is 4.79 Å². The van der Waals surface area contributed by atoms with Crippen molar-refractivity contribution in [3.05, 3.63) is 65.7 Å². The Morgan fingerprint density at radius 3 is 2.30 bits per heavy atom. The third kappa shape index (κ3) is 5.00. The number of hydrogen-bond donors (Lipinski definition) is 3. The first kappa shape index (κ1) is 16.8. The minimum Gasteiger partial charge on any atom is -0.394 e. The summed E-state index contributed by atoms with van der Waals surface area (Å²) >= 11 is 0. The average Bonchev–Trinajstić information content (AvgIpc) is 2.59. The SMILES string of the molecule is CN(C)c1ccc(CNC(=O)NC(CO)c2ccccc2)cc1. The Bertz CT molecular complexity index is 612. The van der Waals surface area contributed by atoms with Gasteiger partial charge in [-0.1, -0.05) is 42.5 Å². The lowest BCUT2D eigenvalue weighted by molar-refractivity contribution is 0.216. The van der Waals surface area contributed by atoms with Gasteiger partial charge in [0.25, 0.3) is 0 Å². The van der Waals surface area contributed by atoms with Gasteiger partial charge in [-0.15, -0.1) is 0 Å². The third-order valence-electron chi connectivity index (χ3n) is 3.60. The van der Waals surface area contributed by atoms with Gasteiger partial charge in [0.2, 0.25) is 0 Å². The van der Waals surface area contributed by atoms with Gasteiger partial charge in [0.1, 0.15) is 0 Å². The molecule has 122 valence electrons. The molecule has 2 aromatic rings. The van der Waals surface area contributed by atoms with E-state index in [0.717, 1.165) is 16.8 Å². The molecule has 0 fully saturated rings. The number of benzene rings is 2. The lowest BCUT2D eigenvalue weighted by atomic mass is 10.1. The molecule has 0 saturated carbocycles. The van der Waals surface area contributed by atoms with Gasteiger partial charge < -0.3 is 20.6 Å². The molecule has 0 aliphatic rings. The summed E-state index contributed by atoms with van der Waals surface area (Å²) in [4.78, 5) is 14.0. The summed E-state index contributed by atoms with van der Waals surface area (Å²) in [6.45, 7) is 0.293. The van der Waals surface area contributed by atoms with Crippen LogP contribution in [0.1, 0.15) is 17.2 Å². The normalized spacial score (nSPS) is 11.6. The Morgan fingerprint density at radius 2 is 1.74 bits per heavy atom. The van der Waals surface area contributed by atoms with E-state index < -0.39 is 6.04 Å². The Morgan fingerprint density at radius 1 is 1.09 bits per heavy atom. The third-order valence-corrected chi connectivity index (χ3v) is 3.60. The van der Waals surface area contributed by atoms with Crippen LogP contribution in [-0.2, 0) is 6.54 Å². The summed E-state index contributed by atoms with van der Waals surface area (Å²) in [5.74, 6) is 0. The van der Waals surface area contributed by atoms with E-state index in [1.54, 1.807) is 0 Å². The quantitative estimate of drug-likeness (QED) is 0.766. The molecule has 0 heterocycles. The molecule has 0 bridgehead atoms. The van der Waals surface area contributed by atoms with Gasteiger partial charge in [-0.05, 0) is 23.3 Å². The van der Waals surface area contributed by atoms with Gasteiger partial charge in [0, 0.05) is 26.3 Å². The highest BCUT2D eigenvalue weighted by molar-refractivity contribution is 5.74. The Kier molecular flexibility index (Phi) is 6.00. The van der Waals surface area contributed by atoms with E-state index >= 15 is 0 Å². The predicted molar refractivity (Wildman–Crippen MR) is 92.4 cm³/mol. The molecule has 2 rings (SSSR count). The fourth-order valence-electron chi connectivity index (χ4n) is 2.22. The topological polar surface area (TPSA) is 64.6 Å². The molecule has 0 aliphatic heterocycles. The fraction of sp³-hybridized carbons (Fsp3) is 0.278. The van der Waals surface area contributed by atoms with Crippen molar-refractivity contribution in [2.24, 2.45) is 0 Å². The van der Waals surface area contributed by atoms with E-state index in [2.05, 4.69) is 10.6 Å². The molecule has 0 radical (unpaired) electrons. The number of nitrogens with one attached hydrogen (secondary N) is 2. The van der Waals surface area contributed by atoms with Crippen LogP contribution in [-0.4, -0.2) is 31.8 Å². The number of rotatable bonds is 6. The lowest BCUT2D eigenvalue weighted by Gasteiger charge is -2.17.